The lowest BCUT2D eigenvalue weighted by molar-refractivity contribution is 0.00468. The molecule has 2 aromatic carbocycles. The number of ether oxygens (including phenoxy) is 2. The van der Waals surface area contributed by atoms with Crippen molar-refractivity contribution in [1.82, 2.24) is 0 Å². The van der Waals surface area contributed by atoms with E-state index in [1.165, 1.54) is 0 Å². The molecule has 0 heterocycles. The predicted molar refractivity (Wildman–Crippen MR) is 77.9 cm³/mol. The topological polar surface area (TPSA) is 35.5 Å². The average molecular weight is 270 g/mol. The molecule has 2 rings (SSSR count). The molecule has 0 fully saturated rings. The quantitative estimate of drug-likeness (QED) is 0.455. The summed E-state index contributed by atoms with van der Waals surface area (Å²) in [4.78, 5) is 11.3. The van der Waals surface area contributed by atoms with Crippen molar-refractivity contribution in [3.8, 4) is 5.75 Å². The van der Waals surface area contributed by atoms with Crippen LogP contribution in [0.4, 0.5) is 0 Å². The van der Waals surface area contributed by atoms with Crippen molar-refractivity contribution in [2.75, 3.05) is 6.79 Å². The number of hydrogen-bond donors (Lipinski definition) is 0. The van der Waals surface area contributed by atoms with E-state index in [-0.39, 0.29) is 12.6 Å². The van der Waals surface area contributed by atoms with E-state index in [0.717, 1.165) is 16.9 Å². The minimum Gasteiger partial charge on any atom is -0.467 e. The van der Waals surface area contributed by atoms with E-state index in [1.807, 2.05) is 43.3 Å². The van der Waals surface area contributed by atoms with Gasteiger partial charge in [0.15, 0.2) is 12.6 Å². The Labute approximate surface area is 119 Å². The van der Waals surface area contributed by atoms with Crippen LogP contribution in [0.15, 0.2) is 48.5 Å². The zero-order valence-corrected chi connectivity index (χ0v) is 11.8. The number of rotatable bonds is 6. The van der Waals surface area contributed by atoms with Gasteiger partial charge < -0.3 is 9.47 Å². The molecule has 0 aliphatic heterocycles. The first-order chi connectivity index (χ1) is 9.66. The molecule has 0 aliphatic rings. The molecule has 0 aliphatic carbocycles. The summed E-state index contributed by atoms with van der Waals surface area (Å²) >= 11 is 0. The summed E-state index contributed by atoms with van der Waals surface area (Å²) in [5, 5.41) is 0. The predicted octanol–water partition coefficient (Wildman–Crippen LogP) is 3.75. The molecule has 0 amide bonds. The first-order valence-corrected chi connectivity index (χ1v) is 6.53. The number of aryl methyl sites for hydroxylation is 1. The molecule has 20 heavy (non-hydrogen) atoms. The molecular formula is C17H18O3. The van der Waals surface area contributed by atoms with E-state index in [0.29, 0.717) is 12.2 Å². The highest BCUT2D eigenvalue weighted by atomic mass is 16.7. The summed E-state index contributed by atoms with van der Waals surface area (Å²) < 4.78 is 11.0. The molecule has 0 unspecified atom stereocenters. The number of benzene rings is 2. The maximum Gasteiger partial charge on any atom is 0.189 e. The van der Waals surface area contributed by atoms with Gasteiger partial charge in [-0.15, -0.1) is 0 Å². The van der Waals surface area contributed by atoms with Crippen molar-refractivity contribution in [1.29, 1.82) is 0 Å². The van der Waals surface area contributed by atoms with Gasteiger partial charge in [0.1, 0.15) is 5.75 Å². The second-order valence-corrected chi connectivity index (χ2v) is 4.63. The molecule has 0 saturated heterocycles. The number of Topliss-reactive ketones (excluding diaryl/α,β-unsaturated/α-hetero) is 1. The zero-order valence-electron chi connectivity index (χ0n) is 11.8. The first-order valence-electron chi connectivity index (χ1n) is 6.53. The SMILES string of the molecule is CC(=O)c1ccc(OCOCc2ccccc2)c(C)c1. The normalized spacial score (nSPS) is 10.3. The van der Waals surface area contributed by atoms with Gasteiger partial charge in [0.25, 0.3) is 0 Å². The van der Waals surface area contributed by atoms with Crippen molar-refractivity contribution in [2.24, 2.45) is 0 Å². The Morgan fingerprint density at radius 3 is 2.50 bits per heavy atom. The summed E-state index contributed by atoms with van der Waals surface area (Å²) in [5.41, 5.74) is 2.74. The monoisotopic (exact) mass is 270 g/mol. The minimum atomic E-state index is 0.0555. The number of carbonyl (C=O) groups is 1. The lowest BCUT2D eigenvalue weighted by Crippen LogP contribution is -2.04. The summed E-state index contributed by atoms with van der Waals surface area (Å²) in [6.07, 6.45) is 0. The number of carbonyl (C=O) groups excluding carboxylic acids is 1. The van der Waals surface area contributed by atoms with Crippen molar-refractivity contribution >= 4 is 5.78 Å². The molecule has 0 bridgehead atoms. The largest absolute Gasteiger partial charge is 0.467 e. The van der Waals surface area contributed by atoms with Gasteiger partial charge in [-0.05, 0) is 43.2 Å². The first kappa shape index (κ1) is 14.3. The van der Waals surface area contributed by atoms with Crippen LogP contribution in [-0.2, 0) is 11.3 Å². The summed E-state index contributed by atoms with van der Waals surface area (Å²) in [7, 11) is 0. The third kappa shape index (κ3) is 3.93. The van der Waals surface area contributed by atoms with Gasteiger partial charge in [0.05, 0.1) is 6.61 Å². The number of ketones is 1. The van der Waals surface area contributed by atoms with Crippen LogP contribution in [0.5, 0.6) is 5.75 Å². The third-order valence-electron chi connectivity index (χ3n) is 2.99. The third-order valence-corrected chi connectivity index (χ3v) is 2.99. The minimum absolute atomic E-state index is 0.0555. The Kier molecular flexibility index (Phi) is 4.91. The van der Waals surface area contributed by atoms with Crippen LogP contribution < -0.4 is 4.74 Å². The molecule has 0 aromatic heterocycles. The fourth-order valence-electron chi connectivity index (χ4n) is 1.87. The zero-order chi connectivity index (χ0) is 14.4. The van der Waals surface area contributed by atoms with Crippen LogP contribution in [0.3, 0.4) is 0 Å². The molecule has 3 nitrogen and oxygen atoms in total. The van der Waals surface area contributed by atoms with Crippen molar-refractivity contribution < 1.29 is 14.3 Å². The molecule has 0 radical (unpaired) electrons. The van der Waals surface area contributed by atoms with Crippen molar-refractivity contribution in [2.45, 2.75) is 20.5 Å². The van der Waals surface area contributed by atoms with E-state index in [4.69, 9.17) is 9.47 Å². The van der Waals surface area contributed by atoms with Crippen LogP contribution >= 0.6 is 0 Å². The summed E-state index contributed by atoms with van der Waals surface area (Å²) in [5.74, 6) is 0.794. The lowest BCUT2D eigenvalue weighted by Gasteiger charge is -2.10. The van der Waals surface area contributed by atoms with Gasteiger partial charge in [-0.2, -0.15) is 0 Å². The van der Waals surface area contributed by atoms with E-state index in [2.05, 4.69) is 0 Å². The van der Waals surface area contributed by atoms with Crippen LogP contribution in [0.1, 0.15) is 28.4 Å². The molecule has 0 N–H and O–H groups in total. The van der Waals surface area contributed by atoms with E-state index in [1.54, 1.807) is 19.1 Å². The van der Waals surface area contributed by atoms with Gasteiger partial charge in [0, 0.05) is 5.56 Å². The van der Waals surface area contributed by atoms with E-state index in [9.17, 15) is 4.79 Å². The van der Waals surface area contributed by atoms with Crippen LogP contribution in [0.25, 0.3) is 0 Å². The Morgan fingerprint density at radius 1 is 1.10 bits per heavy atom. The fourth-order valence-corrected chi connectivity index (χ4v) is 1.87. The van der Waals surface area contributed by atoms with Crippen LogP contribution in [-0.4, -0.2) is 12.6 Å². The second kappa shape index (κ2) is 6.87. The fraction of sp³-hybridized carbons (Fsp3) is 0.235. The van der Waals surface area contributed by atoms with Gasteiger partial charge in [-0.1, -0.05) is 30.3 Å². The summed E-state index contributed by atoms with van der Waals surface area (Å²) in [6, 6.07) is 15.3. The molecule has 0 saturated carbocycles. The molecule has 2 aromatic rings. The van der Waals surface area contributed by atoms with Crippen LogP contribution in [0, 0.1) is 6.92 Å². The average Bonchev–Trinajstić information content (AvgIpc) is 2.46. The Hall–Kier alpha value is -2.13. The Balaban J connectivity index is 1.84. The highest BCUT2D eigenvalue weighted by molar-refractivity contribution is 5.94. The molecule has 3 heteroatoms. The standard InChI is InChI=1S/C17H18O3/c1-13-10-16(14(2)18)8-9-17(13)20-12-19-11-15-6-4-3-5-7-15/h3-10H,11-12H2,1-2H3. The maximum absolute atomic E-state index is 11.3. The molecule has 104 valence electrons. The molecular weight excluding hydrogens is 252 g/mol. The highest BCUT2D eigenvalue weighted by Gasteiger charge is 2.04. The van der Waals surface area contributed by atoms with Crippen molar-refractivity contribution in [3.05, 3.63) is 65.2 Å². The molecule has 0 atom stereocenters. The highest BCUT2D eigenvalue weighted by Crippen LogP contribution is 2.19. The van der Waals surface area contributed by atoms with E-state index >= 15 is 0 Å². The Morgan fingerprint density at radius 2 is 1.85 bits per heavy atom. The summed E-state index contributed by atoms with van der Waals surface area (Å²) in [6.45, 7) is 4.18. The lowest BCUT2D eigenvalue weighted by atomic mass is 10.1. The smallest absolute Gasteiger partial charge is 0.189 e. The Bertz CT molecular complexity index is 576. The number of hydrogen-bond acceptors (Lipinski definition) is 3. The van der Waals surface area contributed by atoms with Gasteiger partial charge in [-0.3, -0.25) is 4.79 Å². The van der Waals surface area contributed by atoms with Gasteiger partial charge in [0.2, 0.25) is 0 Å². The van der Waals surface area contributed by atoms with Crippen LogP contribution in [0.2, 0.25) is 0 Å². The maximum atomic E-state index is 11.3. The van der Waals surface area contributed by atoms with Crippen molar-refractivity contribution in [3.63, 3.8) is 0 Å². The second-order valence-electron chi connectivity index (χ2n) is 4.63. The molecule has 0 spiro atoms. The van der Waals surface area contributed by atoms with Gasteiger partial charge in [-0.25, -0.2) is 0 Å². The van der Waals surface area contributed by atoms with E-state index < -0.39 is 0 Å². The van der Waals surface area contributed by atoms with Gasteiger partial charge >= 0.3 is 0 Å².